The number of aliphatic imine (C=N–C) groups is 1. The van der Waals surface area contributed by atoms with Crippen LogP contribution in [0.15, 0.2) is 87.4 Å². The Morgan fingerprint density at radius 3 is 2.65 bits per heavy atom. The Morgan fingerprint density at radius 2 is 1.93 bits per heavy atom. The molecule has 12 heteroatoms. The zero-order chi connectivity index (χ0) is 28.4. The first-order valence-corrected chi connectivity index (χ1v) is 13.4. The summed E-state index contributed by atoms with van der Waals surface area (Å²) in [5, 5.41) is 12.8. The van der Waals surface area contributed by atoms with Crippen molar-refractivity contribution in [2.24, 2.45) is 10.1 Å². The number of aliphatic hydroxyl groups excluding tert-OH is 1. The zero-order valence-corrected chi connectivity index (χ0v) is 23.1. The number of halogens is 2. The molecule has 3 aromatic rings. The summed E-state index contributed by atoms with van der Waals surface area (Å²) in [7, 11) is 0. The van der Waals surface area contributed by atoms with Gasteiger partial charge in [0.2, 0.25) is 5.90 Å². The molecule has 0 aliphatic carbocycles. The monoisotopic (exact) mass is 610 g/mol. The molecule has 0 fully saturated rings. The van der Waals surface area contributed by atoms with Gasteiger partial charge in [0.05, 0.1) is 6.61 Å². The number of amides is 1. The van der Waals surface area contributed by atoms with Gasteiger partial charge in [-0.15, -0.1) is 0 Å². The summed E-state index contributed by atoms with van der Waals surface area (Å²) in [5.41, 5.74) is 15.0. The summed E-state index contributed by atoms with van der Waals surface area (Å²) >= 11 is 3.58. The van der Waals surface area contributed by atoms with Crippen LogP contribution in [0.2, 0.25) is 0 Å². The third-order valence-electron chi connectivity index (χ3n) is 6.24. The average molecular weight is 611 g/mol. The second-order valence-corrected chi connectivity index (χ2v) is 9.73. The van der Waals surface area contributed by atoms with Crippen molar-refractivity contribution in [3.8, 4) is 5.75 Å². The van der Waals surface area contributed by atoms with Gasteiger partial charge >= 0.3 is 0 Å². The van der Waals surface area contributed by atoms with Crippen LogP contribution in [0.5, 0.6) is 5.75 Å². The quantitative estimate of drug-likeness (QED) is 0.0797. The molecule has 3 aromatic carbocycles. The standard InChI is InChI=1S/C28H28BrFN6O4/c29-23-8-3-2-7-22(23)25-28(27(38)35-32-15-14-30,18-20-6-1-4-9-24(20)34-36-31)33-26(40-25)19-10-12-21(13-11-19)39-17-5-16-37/h1-4,6-13,25,32,37H,5,14-18H2,(H,35,38)/t25-,28-/m0/s1. The number of hydrogen-bond donors (Lipinski definition) is 3. The number of alkyl halides is 1. The fraction of sp³-hybridized carbons (Fsp3) is 0.286. The molecule has 2 atom stereocenters. The van der Waals surface area contributed by atoms with E-state index in [1.807, 2.05) is 24.3 Å². The first-order valence-electron chi connectivity index (χ1n) is 12.6. The van der Waals surface area contributed by atoms with Crippen molar-refractivity contribution >= 4 is 33.4 Å². The maximum atomic E-state index is 13.9. The fourth-order valence-electron chi connectivity index (χ4n) is 4.34. The van der Waals surface area contributed by atoms with Crippen LogP contribution in [0.3, 0.4) is 0 Å². The van der Waals surface area contributed by atoms with Crippen molar-refractivity contribution < 1.29 is 23.8 Å². The number of carbonyl (C=O) groups is 1. The average Bonchev–Trinajstić information content (AvgIpc) is 3.35. The molecule has 1 aliphatic heterocycles. The van der Waals surface area contributed by atoms with Crippen LogP contribution in [-0.2, 0) is 16.0 Å². The lowest BCUT2D eigenvalue weighted by molar-refractivity contribution is -0.130. The van der Waals surface area contributed by atoms with Gasteiger partial charge in [0.1, 0.15) is 12.4 Å². The zero-order valence-electron chi connectivity index (χ0n) is 21.5. The predicted molar refractivity (Wildman–Crippen MR) is 152 cm³/mol. The van der Waals surface area contributed by atoms with Crippen molar-refractivity contribution in [3.63, 3.8) is 0 Å². The van der Waals surface area contributed by atoms with E-state index in [1.165, 1.54) is 0 Å². The summed E-state index contributed by atoms with van der Waals surface area (Å²) in [6, 6.07) is 21.3. The van der Waals surface area contributed by atoms with Crippen LogP contribution in [-0.4, -0.2) is 48.9 Å². The first kappa shape index (κ1) is 29.0. The van der Waals surface area contributed by atoms with E-state index in [1.54, 1.807) is 48.5 Å². The Kier molecular flexibility index (Phi) is 10.1. The molecule has 0 bridgehead atoms. The van der Waals surface area contributed by atoms with Crippen LogP contribution >= 0.6 is 15.9 Å². The van der Waals surface area contributed by atoms with Gasteiger partial charge in [-0.25, -0.2) is 14.8 Å². The smallest absolute Gasteiger partial charge is 0.266 e. The number of hydrogen-bond acceptors (Lipinski definition) is 7. The summed E-state index contributed by atoms with van der Waals surface area (Å²) in [6.45, 7) is -0.367. The number of benzene rings is 3. The Bertz CT molecular complexity index is 1400. The molecule has 1 aliphatic rings. The number of ether oxygens (including phenoxy) is 2. The topological polar surface area (TPSA) is 141 Å². The molecular formula is C28H28BrFN6O4. The highest BCUT2D eigenvalue weighted by Crippen LogP contribution is 2.45. The highest BCUT2D eigenvalue weighted by Gasteiger charge is 2.54. The van der Waals surface area contributed by atoms with Gasteiger partial charge in [-0.2, -0.15) is 0 Å². The van der Waals surface area contributed by atoms with E-state index in [-0.39, 0.29) is 25.5 Å². The van der Waals surface area contributed by atoms with Gasteiger partial charge in [-0.3, -0.25) is 10.2 Å². The molecule has 0 aromatic heterocycles. The van der Waals surface area contributed by atoms with E-state index in [4.69, 9.17) is 25.1 Å². The van der Waals surface area contributed by atoms with Crippen LogP contribution in [0.1, 0.15) is 29.2 Å². The molecule has 0 saturated heterocycles. The highest BCUT2D eigenvalue weighted by molar-refractivity contribution is 9.10. The van der Waals surface area contributed by atoms with E-state index in [0.29, 0.717) is 45.6 Å². The van der Waals surface area contributed by atoms with Crippen molar-refractivity contribution in [3.05, 3.63) is 104 Å². The Labute approximate surface area is 239 Å². The minimum Gasteiger partial charge on any atom is -0.494 e. The molecule has 0 saturated carbocycles. The fourth-order valence-corrected chi connectivity index (χ4v) is 4.83. The number of azide groups is 1. The molecule has 3 N–H and O–H groups in total. The summed E-state index contributed by atoms with van der Waals surface area (Å²) in [6.07, 6.45) is -0.371. The third-order valence-corrected chi connectivity index (χ3v) is 6.97. The molecule has 0 radical (unpaired) electrons. The van der Waals surface area contributed by atoms with Gasteiger partial charge in [0.15, 0.2) is 11.6 Å². The predicted octanol–water partition coefficient (Wildman–Crippen LogP) is 5.24. The first-order chi connectivity index (χ1) is 19.5. The second-order valence-electron chi connectivity index (χ2n) is 8.88. The van der Waals surface area contributed by atoms with Crippen LogP contribution < -0.4 is 15.6 Å². The van der Waals surface area contributed by atoms with Crippen molar-refractivity contribution in [1.82, 2.24) is 10.9 Å². The van der Waals surface area contributed by atoms with Gasteiger partial charge in [0, 0.05) is 52.2 Å². The molecule has 1 amide bonds. The number of rotatable bonds is 13. The summed E-state index contributed by atoms with van der Waals surface area (Å²) in [4.78, 5) is 21.8. The minimum absolute atomic E-state index is 0.0171. The van der Waals surface area contributed by atoms with Gasteiger partial charge in [-0.05, 0) is 41.4 Å². The molecule has 1 heterocycles. The SMILES string of the molecule is [N-]=[N+]=Nc1ccccc1C[C@]1(C(=O)NNCCF)N=C(c2ccc(OCCCO)cc2)O[C@H]1c1ccccc1Br. The lowest BCUT2D eigenvalue weighted by Crippen LogP contribution is -2.54. The molecule has 0 unspecified atom stereocenters. The molecule has 10 nitrogen and oxygen atoms in total. The van der Waals surface area contributed by atoms with Gasteiger partial charge in [0.25, 0.3) is 5.91 Å². The van der Waals surface area contributed by atoms with E-state index < -0.39 is 24.2 Å². The number of hydrazine groups is 1. The van der Waals surface area contributed by atoms with Crippen LogP contribution in [0, 0.1) is 0 Å². The summed E-state index contributed by atoms with van der Waals surface area (Å²) in [5.74, 6) is 0.293. The largest absolute Gasteiger partial charge is 0.494 e. The molecule has 40 heavy (non-hydrogen) atoms. The summed E-state index contributed by atoms with van der Waals surface area (Å²) < 4.78 is 25.7. The Morgan fingerprint density at radius 1 is 1.18 bits per heavy atom. The van der Waals surface area contributed by atoms with E-state index in [0.717, 1.165) is 0 Å². The lowest BCUT2D eigenvalue weighted by Gasteiger charge is -2.31. The highest BCUT2D eigenvalue weighted by atomic mass is 79.9. The molecule has 4 rings (SSSR count). The van der Waals surface area contributed by atoms with Crippen LogP contribution in [0.4, 0.5) is 10.1 Å². The van der Waals surface area contributed by atoms with Crippen molar-refractivity contribution in [2.45, 2.75) is 24.5 Å². The minimum atomic E-state index is -1.57. The molecular weight excluding hydrogens is 583 g/mol. The van der Waals surface area contributed by atoms with Gasteiger partial charge < -0.3 is 14.6 Å². The number of nitrogens with zero attached hydrogens (tertiary/aromatic N) is 4. The van der Waals surface area contributed by atoms with E-state index >= 15 is 0 Å². The number of carbonyl (C=O) groups excluding carboxylic acids is 1. The van der Waals surface area contributed by atoms with Crippen molar-refractivity contribution in [1.29, 1.82) is 0 Å². The van der Waals surface area contributed by atoms with Gasteiger partial charge in [-0.1, -0.05) is 63.5 Å². The normalized spacial score (nSPS) is 17.9. The number of aliphatic hydroxyl groups is 1. The lowest BCUT2D eigenvalue weighted by atomic mass is 9.81. The van der Waals surface area contributed by atoms with E-state index in [2.05, 4.69) is 36.8 Å². The Hall–Kier alpha value is -3.96. The maximum Gasteiger partial charge on any atom is 0.266 e. The van der Waals surface area contributed by atoms with Crippen LogP contribution in [0.25, 0.3) is 10.4 Å². The Balaban J connectivity index is 1.82. The molecule has 208 valence electrons. The molecule has 0 spiro atoms. The second kappa shape index (κ2) is 13.9. The van der Waals surface area contributed by atoms with E-state index in [9.17, 15) is 9.18 Å². The van der Waals surface area contributed by atoms with Crippen molar-refractivity contribution in [2.75, 3.05) is 26.4 Å². The number of nitrogens with one attached hydrogen (secondary N) is 2. The third kappa shape index (κ3) is 6.60. The maximum absolute atomic E-state index is 13.9.